The molecule has 0 amide bonds. The van der Waals surface area contributed by atoms with E-state index < -0.39 is 22.1 Å². The Kier molecular flexibility index (Phi) is 3.92. The zero-order valence-corrected chi connectivity index (χ0v) is 13.8. The SMILES string of the molecule is O=c1[nH]c2c(c(=O)[nH]1)[C@@H](c1cccc([N+](=O)[O-])c1)C=C(c1ccccc1)O2. The van der Waals surface area contributed by atoms with Gasteiger partial charge < -0.3 is 4.74 Å². The molecule has 8 nitrogen and oxygen atoms in total. The first-order valence-electron chi connectivity index (χ1n) is 8.09. The molecule has 0 radical (unpaired) electrons. The Bertz CT molecular complexity index is 1180. The number of benzene rings is 2. The lowest BCUT2D eigenvalue weighted by atomic mass is 9.89. The smallest absolute Gasteiger partial charge is 0.328 e. The quantitative estimate of drug-likeness (QED) is 0.548. The Hall–Kier alpha value is -3.94. The molecule has 0 bridgehead atoms. The second-order valence-corrected chi connectivity index (χ2v) is 5.98. The van der Waals surface area contributed by atoms with Crippen LogP contribution in [0.4, 0.5) is 5.69 Å². The highest BCUT2D eigenvalue weighted by Crippen LogP contribution is 2.38. The number of aromatic amines is 2. The van der Waals surface area contributed by atoms with Crippen molar-refractivity contribution in [3.8, 4) is 5.88 Å². The zero-order chi connectivity index (χ0) is 19.0. The Morgan fingerprint density at radius 2 is 1.78 bits per heavy atom. The van der Waals surface area contributed by atoms with E-state index in [9.17, 15) is 19.7 Å². The van der Waals surface area contributed by atoms with Crippen LogP contribution >= 0.6 is 0 Å². The predicted octanol–water partition coefficient (Wildman–Crippen LogP) is 2.54. The number of rotatable bonds is 3. The lowest BCUT2D eigenvalue weighted by Gasteiger charge is -2.23. The van der Waals surface area contributed by atoms with Crippen molar-refractivity contribution in [2.45, 2.75) is 5.92 Å². The molecule has 2 heterocycles. The van der Waals surface area contributed by atoms with Gasteiger partial charge in [0.15, 0.2) is 0 Å². The van der Waals surface area contributed by atoms with Gasteiger partial charge in [0, 0.05) is 23.6 Å². The Morgan fingerprint density at radius 3 is 2.52 bits per heavy atom. The van der Waals surface area contributed by atoms with E-state index in [1.807, 2.05) is 30.3 Å². The van der Waals surface area contributed by atoms with Crippen molar-refractivity contribution < 1.29 is 9.66 Å². The van der Waals surface area contributed by atoms with Crippen LogP contribution in [0.1, 0.15) is 22.6 Å². The average molecular weight is 363 g/mol. The van der Waals surface area contributed by atoms with E-state index in [1.54, 1.807) is 18.2 Å². The van der Waals surface area contributed by atoms with Crippen molar-refractivity contribution in [3.05, 3.63) is 108 Å². The van der Waals surface area contributed by atoms with Crippen LogP contribution in [0.3, 0.4) is 0 Å². The molecule has 134 valence electrons. The van der Waals surface area contributed by atoms with E-state index in [2.05, 4.69) is 9.97 Å². The highest BCUT2D eigenvalue weighted by molar-refractivity contribution is 5.67. The summed E-state index contributed by atoms with van der Waals surface area (Å²) in [7, 11) is 0. The van der Waals surface area contributed by atoms with Crippen molar-refractivity contribution >= 4 is 11.4 Å². The molecule has 1 aliphatic rings. The van der Waals surface area contributed by atoms with Gasteiger partial charge in [-0.15, -0.1) is 0 Å². The number of hydrogen-bond acceptors (Lipinski definition) is 5. The van der Waals surface area contributed by atoms with E-state index >= 15 is 0 Å². The van der Waals surface area contributed by atoms with Gasteiger partial charge in [0.1, 0.15) is 5.76 Å². The molecule has 27 heavy (non-hydrogen) atoms. The monoisotopic (exact) mass is 363 g/mol. The second kappa shape index (κ2) is 6.41. The molecule has 3 aromatic rings. The molecule has 0 fully saturated rings. The van der Waals surface area contributed by atoms with Gasteiger partial charge in [0.25, 0.3) is 11.2 Å². The molecule has 2 aromatic carbocycles. The number of fused-ring (bicyclic) bond motifs is 1. The second-order valence-electron chi connectivity index (χ2n) is 5.98. The number of aromatic nitrogens is 2. The summed E-state index contributed by atoms with van der Waals surface area (Å²) < 4.78 is 5.76. The molecule has 0 spiro atoms. The summed E-state index contributed by atoms with van der Waals surface area (Å²) in [4.78, 5) is 39.4. The molecule has 8 heteroatoms. The summed E-state index contributed by atoms with van der Waals surface area (Å²) in [6.45, 7) is 0. The summed E-state index contributed by atoms with van der Waals surface area (Å²) in [6.07, 6.45) is 1.71. The Morgan fingerprint density at radius 1 is 1.00 bits per heavy atom. The molecule has 2 N–H and O–H groups in total. The lowest BCUT2D eigenvalue weighted by Crippen LogP contribution is -2.30. The number of nitrogens with one attached hydrogen (secondary N) is 2. The third-order valence-corrected chi connectivity index (χ3v) is 4.28. The number of allylic oxidation sites excluding steroid dienone is 1. The summed E-state index contributed by atoms with van der Waals surface area (Å²) in [5, 5.41) is 11.1. The van der Waals surface area contributed by atoms with Crippen LogP contribution in [0.25, 0.3) is 5.76 Å². The molecule has 0 aliphatic carbocycles. The average Bonchev–Trinajstić information content (AvgIpc) is 2.67. The first-order valence-corrected chi connectivity index (χ1v) is 8.09. The molecule has 1 aromatic heterocycles. The summed E-state index contributed by atoms with van der Waals surface area (Å²) in [5.74, 6) is -0.146. The minimum atomic E-state index is -0.689. The van der Waals surface area contributed by atoms with E-state index in [-0.39, 0.29) is 17.1 Å². The molecule has 0 unspecified atom stereocenters. The molecule has 0 saturated carbocycles. The molecule has 0 saturated heterocycles. The van der Waals surface area contributed by atoms with Crippen LogP contribution in [0.5, 0.6) is 5.88 Å². The van der Waals surface area contributed by atoms with Gasteiger partial charge in [-0.2, -0.15) is 0 Å². The van der Waals surface area contributed by atoms with Gasteiger partial charge in [-0.05, 0) is 11.6 Å². The standard InChI is InChI=1S/C19H13N3O5/c23-17-16-14(12-7-4-8-13(9-12)22(25)26)10-15(11-5-2-1-3-6-11)27-18(16)21-19(24)20-17/h1-10,14H,(H2,20,21,23,24)/t14-/m1/s1. The minimum Gasteiger partial charge on any atom is -0.440 e. The first-order chi connectivity index (χ1) is 13.0. The lowest BCUT2D eigenvalue weighted by molar-refractivity contribution is -0.384. The third-order valence-electron chi connectivity index (χ3n) is 4.28. The fourth-order valence-electron chi connectivity index (χ4n) is 3.07. The van der Waals surface area contributed by atoms with Crippen LogP contribution < -0.4 is 16.0 Å². The zero-order valence-electron chi connectivity index (χ0n) is 13.8. The normalized spacial score (nSPS) is 15.4. The fraction of sp³-hybridized carbons (Fsp3) is 0.0526. The van der Waals surface area contributed by atoms with Gasteiger partial charge in [0.2, 0.25) is 5.88 Å². The van der Waals surface area contributed by atoms with Crippen molar-refractivity contribution in [1.29, 1.82) is 0 Å². The van der Waals surface area contributed by atoms with Crippen LogP contribution in [0.15, 0.2) is 70.3 Å². The number of nitro groups is 1. The minimum absolute atomic E-state index is 0.0293. The van der Waals surface area contributed by atoms with Crippen molar-refractivity contribution in [2.75, 3.05) is 0 Å². The van der Waals surface area contributed by atoms with Crippen LogP contribution in [0.2, 0.25) is 0 Å². The van der Waals surface area contributed by atoms with E-state index in [1.165, 1.54) is 12.1 Å². The molecule has 4 rings (SSSR count). The van der Waals surface area contributed by atoms with Gasteiger partial charge in [-0.3, -0.25) is 24.9 Å². The maximum atomic E-state index is 12.4. The van der Waals surface area contributed by atoms with Crippen LogP contribution in [-0.2, 0) is 0 Å². The highest BCUT2D eigenvalue weighted by atomic mass is 16.6. The predicted molar refractivity (Wildman–Crippen MR) is 97.7 cm³/mol. The largest absolute Gasteiger partial charge is 0.440 e. The summed E-state index contributed by atoms with van der Waals surface area (Å²) in [6, 6.07) is 15.2. The van der Waals surface area contributed by atoms with Gasteiger partial charge >= 0.3 is 5.69 Å². The van der Waals surface area contributed by atoms with Crippen molar-refractivity contribution in [3.63, 3.8) is 0 Å². The maximum absolute atomic E-state index is 12.4. The van der Waals surface area contributed by atoms with E-state index in [0.717, 1.165) is 5.56 Å². The van der Waals surface area contributed by atoms with Crippen molar-refractivity contribution in [1.82, 2.24) is 9.97 Å². The molecular weight excluding hydrogens is 350 g/mol. The van der Waals surface area contributed by atoms with E-state index in [0.29, 0.717) is 11.3 Å². The number of H-pyrrole nitrogens is 2. The van der Waals surface area contributed by atoms with E-state index in [4.69, 9.17) is 4.74 Å². The number of nitrogens with zero attached hydrogens (tertiary/aromatic N) is 1. The summed E-state index contributed by atoms with van der Waals surface area (Å²) in [5.41, 5.74) is 0.102. The fourth-order valence-corrected chi connectivity index (χ4v) is 3.07. The van der Waals surface area contributed by atoms with Gasteiger partial charge in [-0.25, -0.2) is 4.79 Å². The van der Waals surface area contributed by atoms with Gasteiger partial charge in [-0.1, -0.05) is 42.5 Å². The molecule has 1 aliphatic heterocycles. The molecule has 1 atom stereocenters. The third kappa shape index (κ3) is 3.04. The number of ether oxygens (including phenoxy) is 1. The van der Waals surface area contributed by atoms with Crippen LogP contribution in [-0.4, -0.2) is 14.9 Å². The topological polar surface area (TPSA) is 118 Å². The number of hydrogen-bond donors (Lipinski definition) is 2. The number of non-ortho nitro benzene ring substituents is 1. The van der Waals surface area contributed by atoms with Crippen molar-refractivity contribution in [2.24, 2.45) is 0 Å². The first kappa shape index (κ1) is 16.5. The van der Waals surface area contributed by atoms with Crippen LogP contribution in [0, 0.1) is 10.1 Å². The Labute approximate surface area is 151 Å². The summed E-state index contributed by atoms with van der Waals surface area (Å²) >= 11 is 0. The highest BCUT2D eigenvalue weighted by Gasteiger charge is 2.29. The molecular formula is C19H13N3O5. The number of nitro benzene ring substituents is 1. The van der Waals surface area contributed by atoms with Gasteiger partial charge in [0.05, 0.1) is 10.5 Å². The Balaban J connectivity index is 1.94. The maximum Gasteiger partial charge on any atom is 0.328 e.